The zero-order chi connectivity index (χ0) is 18.1. The fourth-order valence-electron chi connectivity index (χ4n) is 2.91. The fourth-order valence-corrected chi connectivity index (χ4v) is 3.73. The number of rotatable bonds is 4. The second kappa shape index (κ2) is 6.99. The van der Waals surface area contributed by atoms with Crippen LogP contribution in [-0.4, -0.2) is 39.5 Å². The van der Waals surface area contributed by atoms with Gasteiger partial charge in [-0.15, -0.1) is 10.2 Å². The molecule has 0 aliphatic carbocycles. The Hall–Kier alpha value is -2.55. The van der Waals surface area contributed by atoms with E-state index in [1.807, 2.05) is 6.92 Å². The molecule has 4 rings (SSSR count). The van der Waals surface area contributed by atoms with Gasteiger partial charge in [-0.3, -0.25) is 0 Å². The summed E-state index contributed by atoms with van der Waals surface area (Å²) in [5, 5.41) is 13.8. The number of halogens is 1. The molecule has 3 heterocycles. The average molecular weight is 375 g/mol. The molecule has 0 radical (unpaired) electrons. The fraction of sp³-hybridized carbons (Fsp3) is 0.412. The Balaban J connectivity index is 1.37. The third-order valence-electron chi connectivity index (χ3n) is 4.28. The van der Waals surface area contributed by atoms with Crippen molar-refractivity contribution < 1.29 is 13.7 Å². The first kappa shape index (κ1) is 16.9. The third-order valence-corrected chi connectivity index (χ3v) is 5.26. The van der Waals surface area contributed by atoms with Gasteiger partial charge in [-0.05, 0) is 30.7 Å². The van der Waals surface area contributed by atoms with E-state index < -0.39 is 0 Å². The molecule has 1 saturated heterocycles. The Morgan fingerprint density at radius 2 is 2.04 bits per heavy atom. The molecule has 3 aromatic rings. The summed E-state index contributed by atoms with van der Waals surface area (Å²) in [7, 11) is 0. The lowest BCUT2D eigenvalue weighted by molar-refractivity contribution is 0.169. The quantitative estimate of drug-likeness (QED) is 0.692. The van der Waals surface area contributed by atoms with Crippen LogP contribution in [0.1, 0.15) is 24.3 Å². The van der Waals surface area contributed by atoms with Crippen molar-refractivity contribution in [1.82, 2.24) is 20.3 Å². The minimum Gasteiger partial charge on any atom is -0.490 e. The Morgan fingerprint density at radius 3 is 2.73 bits per heavy atom. The van der Waals surface area contributed by atoms with Crippen LogP contribution in [0.2, 0.25) is 0 Å². The van der Waals surface area contributed by atoms with Gasteiger partial charge in [0.05, 0.1) is 0 Å². The van der Waals surface area contributed by atoms with Crippen molar-refractivity contribution in [3.63, 3.8) is 0 Å². The number of aryl methyl sites for hydroxylation is 2. The summed E-state index contributed by atoms with van der Waals surface area (Å²) in [6.07, 6.45) is 1.85. The van der Waals surface area contributed by atoms with Crippen LogP contribution in [0.15, 0.2) is 22.7 Å². The Labute approximate surface area is 153 Å². The average Bonchev–Trinajstić information content (AvgIpc) is 3.27. The van der Waals surface area contributed by atoms with E-state index in [1.54, 1.807) is 13.0 Å². The molecule has 0 atom stereocenters. The van der Waals surface area contributed by atoms with Gasteiger partial charge in [0.1, 0.15) is 17.7 Å². The molecule has 1 aliphatic heterocycles. The molecule has 7 nitrogen and oxygen atoms in total. The molecule has 1 fully saturated rings. The summed E-state index contributed by atoms with van der Waals surface area (Å²) in [5.41, 5.74) is 0.816. The van der Waals surface area contributed by atoms with Gasteiger partial charge >= 0.3 is 0 Å². The van der Waals surface area contributed by atoms with Gasteiger partial charge in [0.2, 0.25) is 16.8 Å². The van der Waals surface area contributed by atoms with Crippen molar-refractivity contribution in [3.05, 3.63) is 35.5 Å². The Bertz CT molecular complexity index is 904. The van der Waals surface area contributed by atoms with Crippen LogP contribution in [0.5, 0.6) is 5.75 Å². The van der Waals surface area contributed by atoms with Gasteiger partial charge in [-0.2, -0.15) is 4.98 Å². The largest absolute Gasteiger partial charge is 0.490 e. The van der Waals surface area contributed by atoms with E-state index in [9.17, 15) is 4.39 Å². The molecule has 136 valence electrons. The summed E-state index contributed by atoms with van der Waals surface area (Å²) in [6, 6.07) is 4.62. The number of ether oxygens (including phenoxy) is 1. The predicted octanol–water partition coefficient (Wildman–Crippen LogP) is 3.39. The Morgan fingerprint density at radius 1 is 1.23 bits per heavy atom. The van der Waals surface area contributed by atoms with E-state index in [0.29, 0.717) is 16.7 Å². The first-order valence-electron chi connectivity index (χ1n) is 8.40. The van der Waals surface area contributed by atoms with E-state index in [2.05, 4.69) is 25.2 Å². The van der Waals surface area contributed by atoms with Crippen molar-refractivity contribution in [2.45, 2.75) is 32.8 Å². The summed E-state index contributed by atoms with van der Waals surface area (Å²) < 4.78 is 24.2. The summed E-state index contributed by atoms with van der Waals surface area (Å²) in [5.74, 6) is 1.48. The monoisotopic (exact) mass is 375 g/mol. The van der Waals surface area contributed by atoms with Gasteiger partial charge in [0.25, 0.3) is 0 Å². The molecule has 0 N–H and O–H groups in total. The number of aromatic nitrogens is 4. The highest BCUT2D eigenvalue weighted by atomic mass is 32.1. The minimum absolute atomic E-state index is 0.114. The zero-order valence-corrected chi connectivity index (χ0v) is 15.3. The summed E-state index contributed by atoms with van der Waals surface area (Å²) in [6.45, 7) is 5.25. The molecule has 0 unspecified atom stereocenters. The van der Waals surface area contributed by atoms with Crippen LogP contribution < -0.4 is 9.64 Å². The van der Waals surface area contributed by atoms with Gasteiger partial charge < -0.3 is 14.2 Å². The van der Waals surface area contributed by atoms with E-state index in [-0.39, 0.29) is 11.9 Å². The molecule has 0 saturated carbocycles. The second-order valence-electron chi connectivity index (χ2n) is 6.24. The maximum atomic E-state index is 13.2. The highest BCUT2D eigenvalue weighted by molar-refractivity contribution is 7.18. The highest BCUT2D eigenvalue weighted by Gasteiger charge is 2.24. The SMILES string of the molecule is Cc1nc(-c2nnc(N3CCC(Oc4ccc(F)cc4C)CC3)s2)no1. The van der Waals surface area contributed by atoms with Crippen molar-refractivity contribution in [3.8, 4) is 16.6 Å². The number of nitrogens with zero attached hydrogens (tertiary/aromatic N) is 5. The second-order valence-corrected chi connectivity index (χ2v) is 7.20. The van der Waals surface area contributed by atoms with Crippen LogP contribution >= 0.6 is 11.3 Å². The van der Waals surface area contributed by atoms with E-state index in [1.165, 1.54) is 23.5 Å². The lowest BCUT2D eigenvalue weighted by Crippen LogP contribution is -2.38. The topological polar surface area (TPSA) is 77.2 Å². The molecule has 1 aromatic carbocycles. The molecule has 0 amide bonds. The first-order chi connectivity index (χ1) is 12.6. The maximum Gasteiger partial charge on any atom is 0.233 e. The van der Waals surface area contributed by atoms with Gasteiger partial charge in [-0.1, -0.05) is 16.5 Å². The van der Waals surface area contributed by atoms with Gasteiger partial charge in [0.15, 0.2) is 5.01 Å². The normalized spacial score (nSPS) is 15.4. The number of anilines is 1. The van der Waals surface area contributed by atoms with E-state index in [0.717, 1.165) is 42.4 Å². The lowest BCUT2D eigenvalue weighted by atomic mass is 10.1. The standard InChI is InChI=1S/C17H18FN5O2S/c1-10-9-12(18)3-4-14(10)24-13-5-7-23(8-6-13)17-21-20-16(26-17)15-19-11(2)25-22-15/h3-4,9,13H,5-8H2,1-2H3. The van der Waals surface area contributed by atoms with Gasteiger partial charge in [0, 0.05) is 32.9 Å². The maximum absolute atomic E-state index is 13.2. The number of benzene rings is 1. The summed E-state index contributed by atoms with van der Waals surface area (Å²) in [4.78, 5) is 6.36. The smallest absolute Gasteiger partial charge is 0.233 e. The molecular formula is C17H18FN5O2S. The molecule has 0 spiro atoms. The van der Waals surface area contributed by atoms with Gasteiger partial charge in [-0.25, -0.2) is 4.39 Å². The first-order valence-corrected chi connectivity index (χ1v) is 9.22. The van der Waals surface area contributed by atoms with Crippen LogP contribution in [0.25, 0.3) is 10.8 Å². The van der Waals surface area contributed by atoms with Crippen LogP contribution in [0, 0.1) is 19.7 Å². The van der Waals surface area contributed by atoms with E-state index in [4.69, 9.17) is 9.26 Å². The number of piperidine rings is 1. The van der Waals surface area contributed by atoms with Crippen molar-refractivity contribution >= 4 is 16.5 Å². The van der Waals surface area contributed by atoms with Crippen molar-refractivity contribution in [1.29, 1.82) is 0 Å². The number of hydrogen-bond acceptors (Lipinski definition) is 8. The number of hydrogen-bond donors (Lipinski definition) is 0. The third kappa shape index (κ3) is 3.52. The van der Waals surface area contributed by atoms with Crippen molar-refractivity contribution in [2.75, 3.05) is 18.0 Å². The lowest BCUT2D eigenvalue weighted by Gasteiger charge is -2.31. The molecular weight excluding hydrogens is 357 g/mol. The minimum atomic E-state index is -0.242. The zero-order valence-electron chi connectivity index (χ0n) is 14.5. The molecule has 2 aromatic heterocycles. The summed E-state index contributed by atoms with van der Waals surface area (Å²) >= 11 is 1.45. The molecule has 9 heteroatoms. The predicted molar refractivity (Wildman–Crippen MR) is 94.9 cm³/mol. The van der Waals surface area contributed by atoms with Crippen molar-refractivity contribution in [2.24, 2.45) is 0 Å². The molecule has 1 aliphatic rings. The van der Waals surface area contributed by atoms with Crippen LogP contribution in [0.3, 0.4) is 0 Å². The van der Waals surface area contributed by atoms with Crippen LogP contribution in [0.4, 0.5) is 9.52 Å². The molecule has 0 bridgehead atoms. The Kier molecular flexibility index (Phi) is 4.54. The van der Waals surface area contributed by atoms with Crippen LogP contribution in [-0.2, 0) is 0 Å². The van der Waals surface area contributed by atoms with E-state index >= 15 is 0 Å². The molecule has 26 heavy (non-hydrogen) atoms. The highest BCUT2D eigenvalue weighted by Crippen LogP contribution is 2.30.